The number of para-hydroxylation sites is 1. The van der Waals surface area contributed by atoms with Gasteiger partial charge in [0.05, 0.1) is 12.3 Å². The van der Waals surface area contributed by atoms with E-state index in [1.807, 2.05) is 16.8 Å². The van der Waals surface area contributed by atoms with E-state index in [1.54, 1.807) is 54.6 Å². The van der Waals surface area contributed by atoms with Crippen LogP contribution in [0.2, 0.25) is 5.02 Å². The summed E-state index contributed by atoms with van der Waals surface area (Å²) in [6.45, 7) is 0.300. The van der Waals surface area contributed by atoms with Crippen LogP contribution in [0.3, 0.4) is 0 Å². The van der Waals surface area contributed by atoms with Crippen molar-refractivity contribution in [2.24, 2.45) is 0 Å². The predicted molar refractivity (Wildman–Crippen MR) is 149 cm³/mol. The maximum atomic E-state index is 14.3. The molecule has 0 radical (unpaired) electrons. The summed E-state index contributed by atoms with van der Waals surface area (Å²) in [7, 11) is 0. The molecule has 39 heavy (non-hydrogen) atoms. The number of piperidine rings is 1. The Hall–Kier alpha value is -3.40. The zero-order valence-electron chi connectivity index (χ0n) is 20.4. The molecule has 1 saturated heterocycles. The monoisotopic (exact) mass is 580 g/mol. The number of nitrogens with zero attached hydrogens (tertiary/aromatic N) is 2. The fourth-order valence-electron chi connectivity index (χ4n) is 5.30. The number of amides is 1. The van der Waals surface area contributed by atoms with Gasteiger partial charge in [-0.15, -0.1) is 0 Å². The number of Topliss-reactive ketones (excluding diaryl/α,β-unsaturated/α-hetero) is 1. The number of carbonyl (C=O) groups excluding carboxylic acids is 2. The lowest BCUT2D eigenvalue weighted by atomic mass is 9.75. The van der Waals surface area contributed by atoms with Crippen LogP contribution in [0.5, 0.6) is 11.6 Å². The molecule has 4 aromatic rings. The summed E-state index contributed by atoms with van der Waals surface area (Å²) in [6.07, 6.45) is -0.0280. The largest absolute Gasteiger partial charge is 0.490 e. The Morgan fingerprint density at radius 1 is 1.08 bits per heavy atom. The van der Waals surface area contributed by atoms with Crippen molar-refractivity contribution in [3.8, 4) is 11.6 Å². The molecule has 0 N–H and O–H groups in total. The van der Waals surface area contributed by atoms with E-state index in [0.29, 0.717) is 40.4 Å². The van der Waals surface area contributed by atoms with Crippen molar-refractivity contribution in [2.75, 3.05) is 6.61 Å². The van der Waals surface area contributed by atoms with E-state index in [2.05, 4.69) is 12.8 Å². The molecule has 0 aliphatic carbocycles. The second-order valence-corrected chi connectivity index (χ2v) is 11.0. The van der Waals surface area contributed by atoms with Crippen molar-refractivity contribution >= 4 is 47.4 Å². The first-order chi connectivity index (χ1) is 18.9. The standard InChI is InChI=1S/C29H22ClFN2O4S2/c30-20-7-2-1-5-18(20)26-22(34)15-29(33(38)28(26)35,17-12-14-39-16-17)24-9-4-10-25(32-24)37-23-11-13-36-27-19(23)6-3-8-21(27)31/h1-10,12,14,16,23,26,38H,11,13,15H2. The molecule has 0 saturated carbocycles. The smallest absolute Gasteiger partial charge is 0.248 e. The predicted octanol–water partition coefficient (Wildman–Crippen LogP) is 6.51. The molecular formula is C29H22ClFN2O4S2. The van der Waals surface area contributed by atoms with Crippen LogP contribution in [0.4, 0.5) is 4.39 Å². The Morgan fingerprint density at radius 2 is 1.87 bits per heavy atom. The Bertz CT molecular complexity index is 1570. The number of hydrogen-bond acceptors (Lipinski definition) is 7. The van der Waals surface area contributed by atoms with Gasteiger partial charge in [-0.2, -0.15) is 11.3 Å². The average Bonchev–Trinajstić information content (AvgIpc) is 3.48. The zero-order valence-corrected chi connectivity index (χ0v) is 22.9. The number of aromatic nitrogens is 1. The van der Waals surface area contributed by atoms with E-state index in [1.165, 1.54) is 21.7 Å². The van der Waals surface area contributed by atoms with Crippen molar-refractivity contribution in [2.45, 2.75) is 30.4 Å². The minimum absolute atomic E-state index is 0.0589. The SMILES string of the molecule is O=C1CC(c2ccsc2)(c2cccc(OC3CCOc4c(F)cccc43)n2)N(S)C(=O)C1c1ccccc1Cl. The van der Waals surface area contributed by atoms with Gasteiger partial charge in [-0.3, -0.25) is 13.9 Å². The average molecular weight is 581 g/mol. The fraction of sp³-hybridized carbons (Fsp3) is 0.207. The summed E-state index contributed by atoms with van der Waals surface area (Å²) >= 11 is 12.5. The summed E-state index contributed by atoms with van der Waals surface area (Å²) in [5, 5.41) is 4.10. The first-order valence-electron chi connectivity index (χ1n) is 12.3. The molecule has 3 atom stereocenters. The van der Waals surface area contributed by atoms with Crippen LogP contribution in [-0.2, 0) is 15.1 Å². The van der Waals surface area contributed by atoms with E-state index in [0.717, 1.165) is 0 Å². The normalized spacial score (nSPS) is 22.8. The molecule has 198 valence electrons. The molecule has 0 bridgehead atoms. The Morgan fingerprint density at radius 3 is 2.67 bits per heavy atom. The van der Waals surface area contributed by atoms with Gasteiger partial charge in [0.2, 0.25) is 11.8 Å². The third kappa shape index (κ3) is 4.38. The molecule has 1 amide bonds. The van der Waals surface area contributed by atoms with Crippen LogP contribution in [0.25, 0.3) is 0 Å². The molecule has 1 fully saturated rings. The lowest BCUT2D eigenvalue weighted by Gasteiger charge is -2.45. The van der Waals surface area contributed by atoms with Gasteiger partial charge >= 0.3 is 0 Å². The fourth-order valence-corrected chi connectivity index (χ4v) is 6.67. The molecule has 10 heteroatoms. The van der Waals surface area contributed by atoms with Gasteiger partial charge < -0.3 is 9.47 Å². The number of pyridine rings is 1. The number of fused-ring (bicyclic) bond motifs is 1. The third-order valence-corrected chi connectivity index (χ3v) is 8.73. The van der Waals surface area contributed by atoms with Gasteiger partial charge in [0, 0.05) is 29.5 Å². The summed E-state index contributed by atoms with van der Waals surface area (Å²) in [6, 6.07) is 18.6. The second kappa shape index (κ2) is 10.3. The Labute approximate surface area is 238 Å². The van der Waals surface area contributed by atoms with E-state index >= 15 is 0 Å². The highest BCUT2D eigenvalue weighted by atomic mass is 35.5. The van der Waals surface area contributed by atoms with Gasteiger partial charge in [0.15, 0.2) is 17.3 Å². The van der Waals surface area contributed by atoms with Gasteiger partial charge in [-0.25, -0.2) is 9.37 Å². The van der Waals surface area contributed by atoms with Gasteiger partial charge in [-0.1, -0.05) is 60.8 Å². The van der Waals surface area contributed by atoms with Crippen LogP contribution < -0.4 is 9.47 Å². The lowest BCUT2D eigenvalue weighted by Crippen LogP contribution is -2.54. The maximum absolute atomic E-state index is 14.3. The molecule has 0 spiro atoms. The summed E-state index contributed by atoms with van der Waals surface area (Å²) < 4.78 is 27.4. The number of thiophene rings is 1. The van der Waals surface area contributed by atoms with Gasteiger partial charge in [0.1, 0.15) is 17.6 Å². The molecular weight excluding hydrogens is 559 g/mol. The Kier molecular flexibility index (Phi) is 6.82. The number of benzene rings is 2. The number of ketones is 1. The highest BCUT2D eigenvalue weighted by Gasteiger charge is 2.54. The van der Waals surface area contributed by atoms with Crippen LogP contribution in [0.15, 0.2) is 77.5 Å². The molecule has 2 aromatic carbocycles. The third-order valence-electron chi connectivity index (χ3n) is 7.17. The number of halogens is 2. The number of thiol groups is 1. The number of rotatable bonds is 5. The molecule has 4 heterocycles. The summed E-state index contributed by atoms with van der Waals surface area (Å²) in [5.41, 5.74) is 0.919. The minimum Gasteiger partial charge on any atom is -0.490 e. The van der Waals surface area contributed by atoms with Crippen molar-refractivity contribution in [3.05, 3.63) is 111 Å². The quantitative estimate of drug-likeness (QED) is 0.215. The van der Waals surface area contributed by atoms with E-state index in [-0.39, 0.29) is 23.8 Å². The number of hydrogen-bond donors (Lipinski definition) is 1. The summed E-state index contributed by atoms with van der Waals surface area (Å²) in [4.78, 5) is 32.3. The number of ether oxygens (including phenoxy) is 2. The number of carbonyl (C=O) groups is 2. The van der Waals surface area contributed by atoms with E-state index in [9.17, 15) is 14.0 Å². The van der Waals surface area contributed by atoms with Crippen LogP contribution >= 0.6 is 35.8 Å². The zero-order chi connectivity index (χ0) is 27.1. The first kappa shape index (κ1) is 25.9. The van der Waals surface area contributed by atoms with Crippen molar-refractivity contribution in [1.82, 2.24) is 9.29 Å². The van der Waals surface area contributed by atoms with Gasteiger partial charge in [-0.05, 0) is 46.2 Å². The molecule has 2 aliphatic rings. The second-order valence-electron chi connectivity index (χ2n) is 9.38. The van der Waals surface area contributed by atoms with Crippen LogP contribution in [0, 0.1) is 5.82 Å². The molecule has 2 aliphatic heterocycles. The first-order valence-corrected chi connectivity index (χ1v) is 14.0. The van der Waals surface area contributed by atoms with E-state index < -0.39 is 29.3 Å². The van der Waals surface area contributed by atoms with Crippen LogP contribution in [0.1, 0.15) is 47.2 Å². The molecule has 6 rings (SSSR count). The van der Waals surface area contributed by atoms with E-state index in [4.69, 9.17) is 26.1 Å². The minimum atomic E-state index is -1.27. The Balaban J connectivity index is 1.39. The van der Waals surface area contributed by atoms with Gasteiger partial charge in [0.25, 0.3) is 0 Å². The van der Waals surface area contributed by atoms with Crippen molar-refractivity contribution in [1.29, 1.82) is 0 Å². The highest BCUT2D eigenvalue weighted by molar-refractivity contribution is 7.78. The van der Waals surface area contributed by atoms with Crippen molar-refractivity contribution < 1.29 is 23.5 Å². The molecule has 2 aromatic heterocycles. The summed E-state index contributed by atoms with van der Waals surface area (Å²) in [5.74, 6) is -1.84. The maximum Gasteiger partial charge on any atom is 0.248 e. The molecule has 3 unspecified atom stereocenters. The molecule has 6 nitrogen and oxygen atoms in total. The van der Waals surface area contributed by atoms with Crippen LogP contribution in [-0.4, -0.2) is 27.6 Å². The van der Waals surface area contributed by atoms with Crippen molar-refractivity contribution in [3.63, 3.8) is 0 Å². The highest BCUT2D eigenvalue weighted by Crippen LogP contribution is 2.48. The topological polar surface area (TPSA) is 68.7 Å². The lowest BCUT2D eigenvalue weighted by molar-refractivity contribution is -0.142.